The quantitative estimate of drug-likeness (QED) is 0.491. The summed E-state index contributed by atoms with van der Waals surface area (Å²) < 4.78 is 7.60. The number of anilines is 1. The predicted octanol–water partition coefficient (Wildman–Crippen LogP) is 4.36. The Bertz CT molecular complexity index is 1400. The van der Waals surface area contributed by atoms with Crippen LogP contribution in [0.1, 0.15) is 24.1 Å². The summed E-state index contributed by atoms with van der Waals surface area (Å²) in [5, 5.41) is 3.04. The number of fused-ring (bicyclic) bond motifs is 3. The molecule has 1 saturated carbocycles. The maximum absolute atomic E-state index is 13.7. The average Bonchev–Trinajstić information content (AvgIpc) is 3.31. The fraction of sp³-hybridized carbons (Fsp3) is 0.333. The predicted molar refractivity (Wildman–Crippen MR) is 126 cm³/mol. The van der Waals surface area contributed by atoms with E-state index < -0.39 is 0 Å². The standard InChI is InChI=1S/C27H25N3O2/c31-27-26-18(5-3-7-24(26)29-13-19-15-32-16-20(19)14-29)10-11-30(27)25-12-21(25)23-9-8-17-4-1-2-6-22(17)28-23/h1-11,19-21,25H,12-16H2/t19?,20?,21-,25+/m0/s1. The van der Waals surface area contributed by atoms with Gasteiger partial charge in [-0.05, 0) is 36.1 Å². The number of benzene rings is 2. The van der Waals surface area contributed by atoms with E-state index in [9.17, 15) is 4.79 Å². The zero-order valence-corrected chi connectivity index (χ0v) is 17.9. The number of pyridine rings is 2. The number of para-hydroxylation sites is 1. The van der Waals surface area contributed by atoms with Gasteiger partial charge < -0.3 is 14.2 Å². The Labute approximate surface area is 186 Å². The Morgan fingerprint density at radius 1 is 0.875 bits per heavy atom. The van der Waals surface area contributed by atoms with Gasteiger partial charge in [0, 0.05) is 54.2 Å². The SMILES string of the molecule is O=c1c2c(N3CC4COCC4C3)cccc2ccn1[C@@H]1C[C@H]1c1ccc2ccccc2n1. The fourth-order valence-corrected chi connectivity index (χ4v) is 5.79. The molecule has 160 valence electrons. The van der Waals surface area contributed by atoms with Gasteiger partial charge in [-0.3, -0.25) is 9.78 Å². The van der Waals surface area contributed by atoms with Crippen molar-refractivity contribution in [3.8, 4) is 0 Å². The second-order valence-electron chi connectivity index (χ2n) is 9.57. The van der Waals surface area contributed by atoms with Crippen LogP contribution >= 0.6 is 0 Å². The third-order valence-corrected chi connectivity index (χ3v) is 7.63. The molecule has 4 aromatic rings. The first kappa shape index (κ1) is 18.4. The molecule has 32 heavy (non-hydrogen) atoms. The lowest BCUT2D eigenvalue weighted by molar-refractivity contribution is 0.177. The fourth-order valence-electron chi connectivity index (χ4n) is 5.79. The molecular formula is C27H25N3O2. The zero-order valence-electron chi connectivity index (χ0n) is 17.9. The van der Waals surface area contributed by atoms with Gasteiger partial charge in [0.15, 0.2) is 0 Å². The normalized spacial score (nSPS) is 26.7. The van der Waals surface area contributed by atoms with E-state index in [1.165, 1.54) is 0 Å². The Morgan fingerprint density at radius 2 is 1.69 bits per heavy atom. The van der Waals surface area contributed by atoms with Crippen molar-refractivity contribution in [3.63, 3.8) is 0 Å². The first-order valence-corrected chi connectivity index (χ1v) is 11.6. The second kappa shape index (κ2) is 6.91. The van der Waals surface area contributed by atoms with E-state index in [-0.39, 0.29) is 11.6 Å². The molecule has 0 bridgehead atoms. The molecule has 7 rings (SSSR count). The molecular weight excluding hydrogens is 398 g/mol. The topological polar surface area (TPSA) is 47.4 Å². The lowest BCUT2D eigenvalue weighted by atomic mass is 10.0. The summed E-state index contributed by atoms with van der Waals surface area (Å²) in [4.78, 5) is 21.0. The van der Waals surface area contributed by atoms with Gasteiger partial charge in [-0.25, -0.2) is 0 Å². The van der Waals surface area contributed by atoms with Crippen molar-refractivity contribution in [2.75, 3.05) is 31.2 Å². The maximum Gasteiger partial charge on any atom is 0.260 e. The Balaban J connectivity index is 1.25. The van der Waals surface area contributed by atoms with Crippen LogP contribution < -0.4 is 10.5 Å². The highest BCUT2D eigenvalue weighted by Gasteiger charge is 2.42. The molecule has 0 N–H and O–H groups in total. The molecule has 5 nitrogen and oxygen atoms in total. The Hall–Kier alpha value is -3.18. The van der Waals surface area contributed by atoms with Gasteiger partial charge in [-0.1, -0.05) is 36.4 Å². The summed E-state index contributed by atoms with van der Waals surface area (Å²) in [6.45, 7) is 3.65. The summed E-state index contributed by atoms with van der Waals surface area (Å²) in [6, 6.07) is 21.0. The summed E-state index contributed by atoms with van der Waals surface area (Å²) >= 11 is 0. The number of hydrogen-bond donors (Lipinski definition) is 0. The van der Waals surface area contributed by atoms with E-state index in [1.54, 1.807) is 0 Å². The van der Waals surface area contributed by atoms with Crippen LogP contribution in [0.25, 0.3) is 21.7 Å². The average molecular weight is 424 g/mol. The summed E-state index contributed by atoms with van der Waals surface area (Å²) in [6.07, 6.45) is 2.94. The molecule has 4 heterocycles. The number of nitrogens with zero attached hydrogens (tertiary/aromatic N) is 3. The largest absolute Gasteiger partial charge is 0.381 e. The number of rotatable bonds is 3. The summed E-state index contributed by atoms with van der Waals surface area (Å²) in [7, 11) is 0. The van der Waals surface area contributed by atoms with Gasteiger partial charge in [-0.15, -0.1) is 0 Å². The van der Waals surface area contributed by atoms with Gasteiger partial charge in [0.25, 0.3) is 5.56 Å². The second-order valence-corrected chi connectivity index (χ2v) is 9.57. The van der Waals surface area contributed by atoms with Crippen molar-refractivity contribution in [2.24, 2.45) is 11.8 Å². The van der Waals surface area contributed by atoms with E-state index in [0.29, 0.717) is 17.8 Å². The molecule has 3 fully saturated rings. The molecule has 2 aliphatic heterocycles. The molecule has 2 aromatic heterocycles. The van der Waals surface area contributed by atoms with Gasteiger partial charge in [0.2, 0.25) is 0 Å². The van der Waals surface area contributed by atoms with Crippen molar-refractivity contribution < 1.29 is 4.74 Å². The third kappa shape index (κ3) is 2.81. The smallest absolute Gasteiger partial charge is 0.260 e. The van der Waals surface area contributed by atoms with E-state index in [0.717, 1.165) is 65.8 Å². The van der Waals surface area contributed by atoms with Crippen molar-refractivity contribution in [1.82, 2.24) is 9.55 Å². The molecule has 5 heteroatoms. The molecule has 0 spiro atoms. The Kier molecular flexibility index (Phi) is 3.97. The van der Waals surface area contributed by atoms with E-state index in [2.05, 4.69) is 53.4 Å². The maximum atomic E-state index is 13.7. The third-order valence-electron chi connectivity index (χ3n) is 7.63. The highest BCUT2D eigenvalue weighted by molar-refractivity contribution is 5.93. The van der Waals surface area contributed by atoms with E-state index >= 15 is 0 Å². The molecule has 1 aliphatic carbocycles. The van der Waals surface area contributed by atoms with Crippen molar-refractivity contribution >= 4 is 27.4 Å². The lowest BCUT2D eigenvalue weighted by Crippen LogP contribution is -2.26. The monoisotopic (exact) mass is 423 g/mol. The number of hydrogen-bond acceptors (Lipinski definition) is 4. The van der Waals surface area contributed by atoms with Crippen molar-refractivity contribution in [2.45, 2.75) is 18.4 Å². The van der Waals surface area contributed by atoms with Crippen molar-refractivity contribution in [1.29, 1.82) is 0 Å². The summed E-state index contributed by atoms with van der Waals surface area (Å²) in [5.74, 6) is 1.47. The van der Waals surface area contributed by atoms with Gasteiger partial charge in [0.1, 0.15) is 0 Å². The molecule has 0 amide bonds. The van der Waals surface area contributed by atoms with Crippen LogP contribution in [0.4, 0.5) is 5.69 Å². The van der Waals surface area contributed by atoms with Crippen LogP contribution in [-0.4, -0.2) is 35.9 Å². The molecule has 4 atom stereocenters. The van der Waals surface area contributed by atoms with Crippen LogP contribution in [0.15, 0.2) is 71.7 Å². The lowest BCUT2D eigenvalue weighted by Gasteiger charge is -2.22. The van der Waals surface area contributed by atoms with Crippen molar-refractivity contribution in [3.05, 3.63) is 82.9 Å². The van der Waals surface area contributed by atoms with Crippen LogP contribution in [-0.2, 0) is 4.74 Å². The number of aromatic nitrogens is 2. The molecule has 2 saturated heterocycles. The minimum Gasteiger partial charge on any atom is -0.381 e. The van der Waals surface area contributed by atoms with E-state index in [1.807, 2.05) is 22.9 Å². The molecule has 3 aliphatic rings. The van der Waals surface area contributed by atoms with Gasteiger partial charge in [-0.2, -0.15) is 0 Å². The zero-order chi connectivity index (χ0) is 21.2. The molecule has 2 unspecified atom stereocenters. The van der Waals surface area contributed by atoms with Gasteiger partial charge >= 0.3 is 0 Å². The van der Waals surface area contributed by atoms with Gasteiger partial charge in [0.05, 0.1) is 29.8 Å². The first-order chi connectivity index (χ1) is 15.8. The summed E-state index contributed by atoms with van der Waals surface area (Å²) in [5.41, 5.74) is 3.31. The van der Waals surface area contributed by atoms with Crippen LogP contribution in [0.5, 0.6) is 0 Å². The first-order valence-electron chi connectivity index (χ1n) is 11.6. The molecule has 0 radical (unpaired) electrons. The highest BCUT2D eigenvalue weighted by Crippen LogP contribution is 2.50. The minimum atomic E-state index is 0.125. The Morgan fingerprint density at radius 3 is 2.56 bits per heavy atom. The number of ether oxygens (including phenoxy) is 1. The molecule has 2 aromatic carbocycles. The van der Waals surface area contributed by atoms with E-state index in [4.69, 9.17) is 9.72 Å². The van der Waals surface area contributed by atoms with Crippen LogP contribution in [0, 0.1) is 11.8 Å². The van der Waals surface area contributed by atoms with Crippen LogP contribution in [0.3, 0.4) is 0 Å². The van der Waals surface area contributed by atoms with Crippen LogP contribution in [0.2, 0.25) is 0 Å². The minimum absolute atomic E-state index is 0.125. The highest BCUT2D eigenvalue weighted by atomic mass is 16.5.